The predicted molar refractivity (Wildman–Crippen MR) is 93.0 cm³/mol. The van der Waals surface area contributed by atoms with Crippen LogP contribution in [0.4, 0.5) is 0 Å². The van der Waals surface area contributed by atoms with E-state index in [1.54, 1.807) is 0 Å². The maximum absolute atomic E-state index is 11.3. The minimum Gasteiger partial charge on any atom is -0.545 e. The SMILES string of the molecule is CCCCCCCC/C(C(=O)[O-])=C(\CCCCCCCC)C(=O)[O-]. The highest BCUT2D eigenvalue weighted by Gasteiger charge is 2.10. The topological polar surface area (TPSA) is 80.3 Å². The molecule has 0 fully saturated rings. The first-order valence-electron chi connectivity index (χ1n) is 9.69. The van der Waals surface area contributed by atoms with Crippen LogP contribution in [0.1, 0.15) is 104 Å². The molecule has 0 aromatic rings. The Morgan fingerprint density at radius 3 is 1.12 bits per heavy atom. The van der Waals surface area contributed by atoms with Gasteiger partial charge in [-0.05, 0) is 36.8 Å². The summed E-state index contributed by atoms with van der Waals surface area (Å²) in [5.74, 6) is -2.71. The van der Waals surface area contributed by atoms with Crippen molar-refractivity contribution in [2.24, 2.45) is 0 Å². The van der Waals surface area contributed by atoms with Crippen LogP contribution in [0, 0.1) is 0 Å². The Bertz CT molecular complexity index is 349. The van der Waals surface area contributed by atoms with E-state index in [1.807, 2.05) is 0 Å². The number of hydrogen-bond acceptors (Lipinski definition) is 4. The smallest absolute Gasteiger partial charge is 0.0678 e. The highest BCUT2D eigenvalue weighted by Crippen LogP contribution is 2.20. The lowest BCUT2D eigenvalue weighted by Gasteiger charge is -2.17. The molecule has 4 nitrogen and oxygen atoms in total. The van der Waals surface area contributed by atoms with Gasteiger partial charge in [-0.2, -0.15) is 0 Å². The maximum atomic E-state index is 11.3. The fourth-order valence-electron chi connectivity index (χ4n) is 2.92. The number of rotatable bonds is 16. The van der Waals surface area contributed by atoms with E-state index in [0.29, 0.717) is 12.8 Å². The van der Waals surface area contributed by atoms with Gasteiger partial charge in [-0.15, -0.1) is 0 Å². The van der Waals surface area contributed by atoms with Crippen LogP contribution < -0.4 is 10.2 Å². The van der Waals surface area contributed by atoms with E-state index >= 15 is 0 Å². The van der Waals surface area contributed by atoms with E-state index < -0.39 is 11.9 Å². The molecule has 0 heterocycles. The zero-order valence-corrected chi connectivity index (χ0v) is 15.5. The Hall–Kier alpha value is -1.32. The summed E-state index contributed by atoms with van der Waals surface area (Å²) in [5, 5.41) is 22.7. The van der Waals surface area contributed by atoms with E-state index in [1.165, 1.54) is 12.8 Å². The van der Waals surface area contributed by atoms with Crippen molar-refractivity contribution in [1.29, 1.82) is 0 Å². The third kappa shape index (κ3) is 11.3. The normalized spacial score (nSPS) is 12.1. The molecule has 0 bridgehead atoms. The van der Waals surface area contributed by atoms with Crippen LogP contribution in [0.25, 0.3) is 0 Å². The number of carboxylic acids is 2. The van der Waals surface area contributed by atoms with Crippen LogP contribution in [0.3, 0.4) is 0 Å². The molecule has 0 amide bonds. The number of hydrogen-bond donors (Lipinski definition) is 0. The molecule has 0 aromatic heterocycles. The van der Waals surface area contributed by atoms with E-state index in [0.717, 1.165) is 51.4 Å². The summed E-state index contributed by atoms with van der Waals surface area (Å²) in [4.78, 5) is 22.7. The quantitative estimate of drug-likeness (QED) is 0.319. The van der Waals surface area contributed by atoms with E-state index in [4.69, 9.17) is 0 Å². The molecular weight excluding hydrogens is 304 g/mol. The van der Waals surface area contributed by atoms with Crippen LogP contribution in [0.5, 0.6) is 0 Å². The highest BCUT2D eigenvalue weighted by molar-refractivity contribution is 5.97. The molecule has 0 aliphatic carbocycles. The Morgan fingerprint density at radius 1 is 0.542 bits per heavy atom. The van der Waals surface area contributed by atoms with Gasteiger partial charge in [-0.1, -0.05) is 78.1 Å². The lowest BCUT2D eigenvalue weighted by Crippen LogP contribution is -2.32. The number of unbranched alkanes of at least 4 members (excludes halogenated alkanes) is 10. The lowest BCUT2D eigenvalue weighted by molar-refractivity contribution is -0.304. The monoisotopic (exact) mass is 338 g/mol. The molecule has 0 unspecified atom stereocenters. The Kier molecular flexibility index (Phi) is 14.4. The molecule has 0 saturated heterocycles. The second-order valence-corrected chi connectivity index (χ2v) is 6.57. The van der Waals surface area contributed by atoms with Crippen LogP contribution in [-0.4, -0.2) is 11.9 Å². The number of carbonyl (C=O) groups excluding carboxylic acids is 2. The van der Waals surface area contributed by atoms with Gasteiger partial charge in [0.05, 0.1) is 11.9 Å². The van der Waals surface area contributed by atoms with Crippen LogP contribution >= 0.6 is 0 Å². The molecule has 0 spiro atoms. The summed E-state index contributed by atoms with van der Waals surface area (Å²) < 4.78 is 0. The standard InChI is InChI=1S/C20H36O4/c1-3-5-7-9-11-13-15-17(19(21)22)18(20(23)24)16-14-12-10-8-6-4-2/h3-16H2,1-2H3,(H,21,22)(H,23,24)/p-2/b18-17-. The summed E-state index contributed by atoms with van der Waals surface area (Å²) in [7, 11) is 0. The number of aliphatic carboxylic acids is 2. The first kappa shape index (κ1) is 22.7. The second kappa shape index (κ2) is 15.2. The van der Waals surface area contributed by atoms with Crippen molar-refractivity contribution in [2.45, 2.75) is 104 Å². The number of carboxylic acid groups (broad SMARTS) is 2. The first-order valence-corrected chi connectivity index (χ1v) is 9.69. The predicted octanol–water partition coefficient (Wildman–Crippen LogP) is 3.28. The summed E-state index contributed by atoms with van der Waals surface area (Å²) in [6.45, 7) is 4.29. The zero-order chi connectivity index (χ0) is 18.2. The Balaban J connectivity index is 4.44. The second-order valence-electron chi connectivity index (χ2n) is 6.57. The third-order valence-electron chi connectivity index (χ3n) is 4.42. The molecule has 0 atom stereocenters. The number of carbonyl (C=O) groups is 2. The van der Waals surface area contributed by atoms with Crippen molar-refractivity contribution in [3.8, 4) is 0 Å². The minimum absolute atomic E-state index is 0.0564. The van der Waals surface area contributed by atoms with Gasteiger partial charge < -0.3 is 19.8 Å². The summed E-state index contributed by atoms with van der Waals surface area (Å²) in [6, 6.07) is 0. The molecule has 140 valence electrons. The molecule has 0 aliphatic heterocycles. The average Bonchev–Trinajstić information content (AvgIpc) is 2.54. The molecule has 0 N–H and O–H groups in total. The van der Waals surface area contributed by atoms with Gasteiger partial charge >= 0.3 is 0 Å². The van der Waals surface area contributed by atoms with E-state index in [9.17, 15) is 19.8 Å². The Morgan fingerprint density at radius 2 is 0.833 bits per heavy atom. The van der Waals surface area contributed by atoms with E-state index in [-0.39, 0.29) is 24.0 Å². The van der Waals surface area contributed by atoms with Crippen LogP contribution in [0.15, 0.2) is 11.1 Å². The Labute approximate surface area is 147 Å². The fourth-order valence-corrected chi connectivity index (χ4v) is 2.92. The molecule has 0 aromatic carbocycles. The minimum atomic E-state index is -1.35. The maximum Gasteiger partial charge on any atom is 0.0678 e. The van der Waals surface area contributed by atoms with Gasteiger partial charge in [-0.25, -0.2) is 0 Å². The molecule has 0 aliphatic rings. The van der Waals surface area contributed by atoms with Gasteiger partial charge in [0, 0.05) is 0 Å². The van der Waals surface area contributed by atoms with Gasteiger partial charge in [0.15, 0.2) is 0 Å². The molecule has 0 saturated carbocycles. The van der Waals surface area contributed by atoms with Crippen molar-refractivity contribution in [1.82, 2.24) is 0 Å². The fraction of sp³-hybridized carbons (Fsp3) is 0.800. The average molecular weight is 338 g/mol. The summed E-state index contributed by atoms with van der Waals surface area (Å²) >= 11 is 0. The molecule has 4 heteroatoms. The van der Waals surface area contributed by atoms with Crippen molar-refractivity contribution in [3.05, 3.63) is 11.1 Å². The summed E-state index contributed by atoms with van der Waals surface area (Å²) in [6.07, 6.45) is 12.9. The van der Waals surface area contributed by atoms with Gasteiger partial charge in [0.2, 0.25) is 0 Å². The van der Waals surface area contributed by atoms with Crippen LogP contribution in [0.2, 0.25) is 0 Å². The van der Waals surface area contributed by atoms with Crippen molar-refractivity contribution in [2.75, 3.05) is 0 Å². The molecule has 0 radical (unpaired) electrons. The summed E-state index contributed by atoms with van der Waals surface area (Å²) in [5.41, 5.74) is -0.113. The molecule has 24 heavy (non-hydrogen) atoms. The van der Waals surface area contributed by atoms with Crippen molar-refractivity contribution in [3.63, 3.8) is 0 Å². The zero-order valence-electron chi connectivity index (χ0n) is 15.5. The van der Waals surface area contributed by atoms with Gasteiger partial charge in [0.1, 0.15) is 0 Å². The molecular formula is C20H34O4-2. The first-order chi connectivity index (χ1) is 11.5. The van der Waals surface area contributed by atoms with Gasteiger partial charge in [0.25, 0.3) is 0 Å². The van der Waals surface area contributed by atoms with Gasteiger partial charge in [-0.3, -0.25) is 0 Å². The molecule has 0 rings (SSSR count). The lowest BCUT2D eigenvalue weighted by atomic mass is 9.96. The van der Waals surface area contributed by atoms with Crippen molar-refractivity contribution >= 4 is 11.9 Å². The third-order valence-corrected chi connectivity index (χ3v) is 4.42. The van der Waals surface area contributed by atoms with Crippen molar-refractivity contribution < 1.29 is 19.8 Å². The van der Waals surface area contributed by atoms with E-state index in [2.05, 4.69) is 13.8 Å². The highest BCUT2D eigenvalue weighted by atomic mass is 16.4. The van der Waals surface area contributed by atoms with Crippen LogP contribution in [-0.2, 0) is 9.59 Å². The largest absolute Gasteiger partial charge is 0.545 e.